The zero-order valence-electron chi connectivity index (χ0n) is 17.6. The maximum atomic E-state index is 14.1. The van der Waals surface area contributed by atoms with Gasteiger partial charge in [-0.05, 0) is 39.2 Å². The molecule has 30 heavy (non-hydrogen) atoms. The largest absolute Gasteiger partial charge is 0.421 e. The summed E-state index contributed by atoms with van der Waals surface area (Å²) in [5.74, 6) is 0.473. The highest BCUT2D eigenvalue weighted by Crippen LogP contribution is 2.19. The number of hydrogen-bond donors (Lipinski definition) is 0. The van der Waals surface area contributed by atoms with Gasteiger partial charge in [-0.1, -0.05) is 35.9 Å². The van der Waals surface area contributed by atoms with Crippen LogP contribution in [0.4, 0.5) is 4.39 Å². The zero-order chi connectivity index (χ0) is 21.5. The summed E-state index contributed by atoms with van der Waals surface area (Å²) < 4.78 is 19.8. The molecule has 0 saturated carbocycles. The first-order valence-corrected chi connectivity index (χ1v) is 9.97. The Bertz CT molecular complexity index is 969. The number of aromatic nitrogens is 2. The topological polar surface area (TPSA) is 62.5 Å². The van der Waals surface area contributed by atoms with Crippen molar-refractivity contribution in [3.63, 3.8) is 0 Å². The van der Waals surface area contributed by atoms with E-state index in [4.69, 9.17) is 4.42 Å². The average molecular weight is 410 g/mol. The quantitative estimate of drug-likeness (QED) is 0.538. The molecule has 0 aliphatic heterocycles. The van der Waals surface area contributed by atoms with Gasteiger partial charge in [0.1, 0.15) is 5.82 Å². The van der Waals surface area contributed by atoms with Gasteiger partial charge in [0.15, 0.2) is 0 Å². The Morgan fingerprint density at radius 1 is 1.03 bits per heavy atom. The van der Waals surface area contributed by atoms with E-state index in [-0.39, 0.29) is 24.7 Å². The predicted octanol–water partition coefficient (Wildman–Crippen LogP) is 3.71. The normalized spacial score (nSPS) is 11.1. The first kappa shape index (κ1) is 21.6. The van der Waals surface area contributed by atoms with Crippen LogP contribution in [0.15, 0.2) is 52.9 Å². The van der Waals surface area contributed by atoms with Crippen molar-refractivity contribution in [3.8, 4) is 11.5 Å². The van der Waals surface area contributed by atoms with E-state index in [0.717, 1.165) is 11.1 Å². The van der Waals surface area contributed by atoms with Crippen LogP contribution < -0.4 is 0 Å². The lowest BCUT2D eigenvalue weighted by molar-refractivity contribution is -0.132. The molecule has 1 amide bonds. The summed E-state index contributed by atoms with van der Waals surface area (Å²) in [5.41, 5.74) is 2.50. The second-order valence-electron chi connectivity index (χ2n) is 7.58. The summed E-state index contributed by atoms with van der Waals surface area (Å²) >= 11 is 0. The number of aryl methyl sites for hydroxylation is 2. The average Bonchev–Trinajstić information content (AvgIpc) is 3.20. The SMILES string of the molecule is Cc1ccc(-c2nnc(CCC(=O)N(CCN(C)C)Cc3ccccc3F)o2)cc1. The Kier molecular flexibility index (Phi) is 7.30. The Labute approximate surface area is 176 Å². The molecule has 6 nitrogen and oxygen atoms in total. The van der Waals surface area contributed by atoms with Gasteiger partial charge in [-0.3, -0.25) is 4.79 Å². The molecule has 0 unspecified atom stereocenters. The molecule has 0 aliphatic carbocycles. The monoisotopic (exact) mass is 410 g/mol. The molecule has 0 atom stereocenters. The molecule has 0 spiro atoms. The number of carbonyl (C=O) groups is 1. The number of halogens is 1. The number of carbonyl (C=O) groups excluding carboxylic acids is 1. The molecule has 3 aromatic rings. The van der Waals surface area contributed by atoms with E-state index in [1.807, 2.05) is 50.2 Å². The number of hydrogen-bond acceptors (Lipinski definition) is 5. The van der Waals surface area contributed by atoms with E-state index in [0.29, 0.717) is 36.9 Å². The molecule has 7 heteroatoms. The highest BCUT2D eigenvalue weighted by molar-refractivity contribution is 5.76. The molecule has 1 aromatic heterocycles. The minimum Gasteiger partial charge on any atom is -0.421 e. The van der Waals surface area contributed by atoms with Crippen LogP contribution in [0.5, 0.6) is 0 Å². The Hall–Kier alpha value is -3.06. The van der Waals surface area contributed by atoms with Gasteiger partial charge in [0.25, 0.3) is 0 Å². The number of rotatable bonds is 9. The molecule has 0 bridgehead atoms. The molecule has 0 saturated heterocycles. The van der Waals surface area contributed by atoms with Gasteiger partial charge in [-0.15, -0.1) is 10.2 Å². The molecule has 1 heterocycles. The lowest BCUT2D eigenvalue weighted by Gasteiger charge is -2.24. The number of likely N-dealkylation sites (N-methyl/N-ethyl adjacent to an activating group) is 1. The van der Waals surface area contributed by atoms with Crippen molar-refractivity contribution in [2.24, 2.45) is 0 Å². The fourth-order valence-electron chi connectivity index (χ4n) is 2.98. The fourth-order valence-corrected chi connectivity index (χ4v) is 2.98. The van der Waals surface area contributed by atoms with Crippen molar-refractivity contribution in [2.75, 3.05) is 27.2 Å². The van der Waals surface area contributed by atoms with Gasteiger partial charge in [0.05, 0.1) is 0 Å². The number of nitrogens with zero attached hydrogens (tertiary/aromatic N) is 4. The first-order valence-electron chi connectivity index (χ1n) is 9.97. The van der Waals surface area contributed by atoms with Crippen LogP contribution in [0, 0.1) is 12.7 Å². The van der Waals surface area contributed by atoms with Gasteiger partial charge in [0.2, 0.25) is 17.7 Å². The summed E-state index contributed by atoms with van der Waals surface area (Å²) in [6.45, 7) is 3.45. The molecule has 0 radical (unpaired) electrons. The van der Waals surface area contributed by atoms with Gasteiger partial charge in [0, 0.05) is 43.6 Å². The molecular weight excluding hydrogens is 383 g/mol. The maximum absolute atomic E-state index is 14.1. The zero-order valence-corrected chi connectivity index (χ0v) is 17.6. The van der Waals surface area contributed by atoms with Crippen molar-refractivity contribution in [1.29, 1.82) is 0 Å². The van der Waals surface area contributed by atoms with Crippen LogP contribution >= 0.6 is 0 Å². The van der Waals surface area contributed by atoms with Crippen LogP contribution in [0.2, 0.25) is 0 Å². The van der Waals surface area contributed by atoms with Crippen LogP contribution in [-0.2, 0) is 17.8 Å². The van der Waals surface area contributed by atoms with Gasteiger partial charge >= 0.3 is 0 Å². The second-order valence-corrected chi connectivity index (χ2v) is 7.58. The van der Waals surface area contributed by atoms with E-state index < -0.39 is 0 Å². The van der Waals surface area contributed by atoms with Crippen molar-refractivity contribution in [2.45, 2.75) is 26.3 Å². The Balaban J connectivity index is 1.63. The van der Waals surface area contributed by atoms with Crippen molar-refractivity contribution in [3.05, 3.63) is 71.4 Å². The summed E-state index contributed by atoms with van der Waals surface area (Å²) in [6.07, 6.45) is 0.560. The van der Waals surface area contributed by atoms with Crippen LogP contribution in [0.1, 0.15) is 23.4 Å². The Morgan fingerprint density at radius 3 is 2.47 bits per heavy atom. The fraction of sp³-hybridized carbons (Fsp3) is 0.348. The first-order chi connectivity index (χ1) is 14.4. The van der Waals surface area contributed by atoms with E-state index in [9.17, 15) is 9.18 Å². The lowest BCUT2D eigenvalue weighted by atomic mass is 10.1. The number of amides is 1. The van der Waals surface area contributed by atoms with E-state index in [1.165, 1.54) is 6.07 Å². The van der Waals surface area contributed by atoms with Crippen LogP contribution in [0.3, 0.4) is 0 Å². The summed E-state index contributed by atoms with van der Waals surface area (Å²) in [5, 5.41) is 8.14. The lowest BCUT2D eigenvalue weighted by Crippen LogP contribution is -2.36. The minimum atomic E-state index is -0.306. The third-order valence-corrected chi connectivity index (χ3v) is 4.81. The summed E-state index contributed by atoms with van der Waals surface area (Å²) in [4.78, 5) is 16.5. The third-order valence-electron chi connectivity index (χ3n) is 4.81. The van der Waals surface area contributed by atoms with Crippen molar-refractivity contribution < 1.29 is 13.6 Å². The minimum absolute atomic E-state index is 0.0739. The van der Waals surface area contributed by atoms with E-state index in [2.05, 4.69) is 10.2 Å². The summed E-state index contributed by atoms with van der Waals surface area (Å²) in [6, 6.07) is 14.3. The molecular formula is C23H27FN4O2. The van der Waals surface area contributed by atoms with E-state index in [1.54, 1.807) is 23.1 Å². The van der Waals surface area contributed by atoms with Gasteiger partial charge < -0.3 is 14.2 Å². The maximum Gasteiger partial charge on any atom is 0.247 e. The predicted molar refractivity (Wildman–Crippen MR) is 113 cm³/mol. The smallest absolute Gasteiger partial charge is 0.247 e. The van der Waals surface area contributed by atoms with Gasteiger partial charge in [-0.2, -0.15) is 0 Å². The standard InChI is InChI=1S/C23H27FN4O2/c1-17-8-10-18(11-9-17)23-26-25-21(30-23)12-13-22(29)28(15-14-27(2)3)16-19-6-4-5-7-20(19)24/h4-11H,12-16H2,1-3H3. The second kappa shape index (κ2) is 10.1. The van der Waals surface area contributed by atoms with E-state index >= 15 is 0 Å². The molecule has 0 fully saturated rings. The third kappa shape index (κ3) is 5.97. The van der Waals surface area contributed by atoms with Crippen LogP contribution in [0.25, 0.3) is 11.5 Å². The molecule has 2 aromatic carbocycles. The molecule has 3 rings (SSSR count). The highest BCUT2D eigenvalue weighted by atomic mass is 19.1. The number of benzene rings is 2. The van der Waals surface area contributed by atoms with Crippen molar-refractivity contribution in [1.82, 2.24) is 20.0 Å². The molecule has 0 N–H and O–H groups in total. The summed E-state index contributed by atoms with van der Waals surface area (Å²) in [7, 11) is 3.88. The highest BCUT2D eigenvalue weighted by Gasteiger charge is 2.18. The van der Waals surface area contributed by atoms with Crippen LogP contribution in [-0.4, -0.2) is 53.1 Å². The Morgan fingerprint density at radius 2 is 1.77 bits per heavy atom. The van der Waals surface area contributed by atoms with Gasteiger partial charge in [-0.25, -0.2) is 4.39 Å². The molecule has 158 valence electrons. The molecule has 0 aliphatic rings. The van der Waals surface area contributed by atoms with Crippen molar-refractivity contribution >= 4 is 5.91 Å².